The average Bonchev–Trinajstić information content (AvgIpc) is 2.46. The molecule has 2 aliphatic heterocycles. The summed E-state index contributed by atoms with van der Waals surface area (Å²) in [6.07, 6.45) is 5.90. The van der Waals surface area contributed by atoms with Crippen molar-refractivity contribution >= 4 is 5.91 Å². The highest BCUT2D eigenvalue weighted by molar-refractivity contribution is 5.77. The van der Waals surface area contributed by atoms with E-state index >= 15 is 0 Å². The van der Waals surface area contributed by atoms with Gasteiger partial charge in [0.15, 0.2) is 0 Å². The van der Waals surface area contributed by atoms with Gasteiger partial charge in [0, 0.05) is 25.3 Å². The van der Waals surface area contributed by atoms with E-state index in [1.54, 1.807) is 0 Å². The van der Waals surface area contributed by atoms with Crippen LogP contribution in [0.4, 0.5) is 0 Å². The van der Waals surface area contributed by atoms with E-state index in [1.165, 1.54) is 19.3 Å². The van der Waals surface area contributed by atoms with Crippen molar-refractivity contribution in [2.75, 3.05) is 39.4 Å². The topological polar surface area (TPSA) is 67.6 Å². The maximum absolute atomic E-state index is 11.4. The molecular weight excluding hydrogens is 230 g/mol. The van der Waals surface area contributed by atoms with Crippen LogP contribution in [0.5, 0.6) is 0 Å². The van der Waals surface area contributed by atoms with Gasteiger partial charge in [0.25, 0.3) is 0 Å². The molecule has 0 saturated carbocycles. The standard InChI is InChI=1S/C13H25N3O2/c14-10-12(17)15-11-13(4-8-18-9-5-13)16-6-2-1-3-7-16/h1-11,14H2,(H,15,17). The van der Waals surface area contributed by atoms with Crippen LogP contribution in [0, 0.1) is 0 Å². The molecule has 0 spiro atoms. The number of nitrogens with zero attached hydrogens (tertiary/aromatic N) is 1. The second-order valence-corrected chi connectivity index (χ2v) is 5.37. The van der Waals surface area contributed by atoms with E-state index in [1.807, 2.05) is 0 Å². The minimum Gasteiger partial charge on any atom is -0.381 e. The predicted molar refractivity (Wildman–Crippen MR) is 70.3 cm³/mol. The second-order valence-electron chi connectivity index (χ2n) is 5.37. The van der Waals surface area contributed by atoms with Crippen molar-refractivity contribution in [2.45, 2.75) is 37.6 Å². The molecule has 5 heteroatoms. The van der Waals surface area contributed by atoms with Crippen LogP contribution in [-0.4, -0.2) is 55.7 Å². The van der Waals surface area contributed by atoms with Gasteiger partial charge in [-0.05, 0) is 38.8 Å². The SMILES string of the molecule is NCC(=O)NCC1(N2CCCCC2)CCOCC1. The molecule has 0 aromatic rings. The second kappa shape index (κ2) is 6.50. The first-order valence-electron chi connectivity index (χ1n) is 7.06. The molecule has 2 rings (SSSR count). The zero-order chi connectivity index (χ0) is 12.8. The van der Waals surface area contributed by atoms with Gasteiger partial charge in [-0.2, -0.15) is 0 Å². The van der Waals surface area contributed by atoms with Crippen LogP contribution in [0.25, 0.3) is 0 Å². The summed E-state index contributed by atoms with van der Waals surface area (Å²) in [5.41, 5.74) is 5.46. The molecule has 18 heavy (non-hydrogen) atoms. The summed E-state index contributed by atoms with van der Waals surface area (Å²) in [5.74, 6) is -0.0575. The Bertz CT molecular complexity index is 271. The van der Waals surface area contributed by atoms with Gasteiger partial charge in [0.1, 0.15) is 0 Å². The van der Waals surface area contributed by atoms with Gasteiger partial charge in [-0.1, -0.05) is 6.42 Å². The van der Waals surface area contributed by atoms with E-state index in [0.29, 0.717) is 6.54 Å². The molecule has 104 valence electrons. The fourth-order valence-corrected chi connectivity index (χ4v) is 3.06. The summed E-state index contributed by atoms with van der Waals surface area (Å²) in [7, 11) is 0. The lowest BCUT2D eigenvalue weighted by Gasteiger charge is -2.48. The summed E-state index contributed by atoms with van der Waals surface area (Å²) in [6, 6.07) is 0. The molecule has 3 N–H and O–H groups in total. The molecule has 0 unspecified atom stereocenters. The molecule has 2 fully saturated rings. The normalized spacial score (nSPS) is 24.7. The number of likely N-dealkylation sites (tertiary alicyclic amines) is 1. The molecule has 2 aliphatic rings. The number of nitrogens with two attached hydrogens (primary N) is 1. The van der Waals surface area contributed by atoms with Crippen LogP contribution < -0.4 is 11.1 Å². The Morgan fingerprint density at radius 3 is 2.50 bits per heavy atom. The molecule has 2 heterocycles. The molecule has 0 radical (unpaired) electrons. The quantitative estimate of drug-likeness (QED) is 0.747. The van der Waals surface area contributed by atoms with Crippen LogP contribution in [0.1, 0.15) is 32.1 Å². The van der Waals surface area contributed by atoms with Crippen LogP contribution in [0.3, 0.4) is 0 Å². The zero-order valence-corrected chi connectivity index (χ0v) is 11.1. The number of ether oxygens (including phenoxy) is 1. The van der Waals surface area contributed by atoms with Crippen molar-refractivity contribution in [3.63, 3.8) is 0 Å². The zero-order valence-electron chi connectivity index (χ0n) is 11.1. The smallest absolute Gasteiger partial charge is 0.233 e. The molecule has 0 aromatic carbocycles. The van der Waals surface area contributed by atoms with Gasteiger partial charge in [-0.15, -0.1) is 0 Å². The number of amides is 1. The molecule has 0 aromatic heterocycles. The number of carbonyl (C=O) groups excluding carboxylic acids is 1. The van der Waals surface area contributed by atoms with Crippen LogP contribution in [0.2, 0.25) is 0 Å². The summed E-state index contributed by atoms with van der Waals surface area (Å²) in [6.45, 7) is 4.69. The summed E-state index contributed by atoms with van der Waals surface area (Å²) in [5, 5.41) is 2.98. The molecule has 2 saturated heterocycles. The predicted octanol–water partition coefficient (Wildman–Crippen LogP) is 0.0964. The third kappa shape index (κ3) is 3.22. The Labute approximate surface area is 109 Å². The minimum absolute atomic E-state index is 0.0575. The lowest BCUT2D eigenvalue weighted by molar-refractivity contribution is -0.121. The van der Waals surface area contributed by atoms with Gasteiger partial charge in [0.2, 0.25) is 5.91 Å². The number of nitrogens with one attached hydrogen (secondary N) is 1. The van der Waals surface area contributed by atoms with E-state index < -0.39 is 0 Å². The summed E-state index contributed by atoms with van der Waals surface area (Å²) >= 11 is 0. The maximum Gasteiger partial charge on any atom is 0.233 e. The Balaban J connectivity index is 1.99. The average molecular weight is 255 g/mol. The lowest BCUT2D eigenvalue weighted by atomic mass is 9.86. The van der Waals surface area contributed by atoms with E-state index in [4.69, 9.17) is 10.5 Å². The number of rotatable bonds is 4. The Morgan fingerprint density at radius 1 is 1.22 bits per heavy atom. The summed E-state index contributed by atoms with van der Waals surface area (Å²) < 4.78 is 5.48. The molecular formula is C13H25N3O2. The lowest BCUT2D eigenvalue weighted by Crippen LogP contribution is -2.60. The first-order chi connectivity index (χ1) is 8.77. The monoisotopic (exact) mass is 255 g/mol. The molecule has 0 bridgehead atoms. The summed E-state index contributed by atoms with van der Waals surface area (Å²) in [4.78, 5) is 14.0. The largest absolute Gasteiger partial charge is 0.381 e. The van der Waals surface area contributed by atoms with E-state index in [2.05, 4.69) is 10.2 Å². The Kier molecular flexibility index (Phi) is 4.97. The number of piperidine rings is 1. The van der Waals surface area contributed by atoms with Crippen molar-refractivity contribution in [2.24, 2.45) is 5.73 Å². The van der Waals surface area contributed by atoms with Crippen molar-refractivity contribution in [1.29, 1.82) is 0 Å². The van der Waals surface area contributed by atoms with Crippen LogP contribution >= 0.6 is 0 Å². The van der Waals surface area contributed by atoms with Crippen molar-refractivity contribution in [3.8, 4) is 0 Å². The first kappa shape index (κ1) is 13.8. The Hall–Kier alpha value is -0.650. The highest BCUT2D eigenvalue weighted by atomic mass is 16.5. The number of carbonyl (C=O) groups is 1. The van der Waals surface area contributed by atoms with E-state index in [-0.39, 0.29) is 18.0 Å². The van der Waals surface area contributed by atoms with E-state index in [9.17, 15) is 4.79 Å². The van der Waals surface area contributed by atoms with Gasteiger partial charge in [-0.25, -0.2) is 0 Å². The molecule has 5 nitrogen and oxygen atoms in total. The molecule has 1 amide bonds. The van der Waals surface area contributed by atoms with Crippen molar-refractivity contribution in [3.05, 3.63) is 0 Å². The van der Waals surface area contributed by atoms with Gasteiger partial charge in [-0.3, -0.25) is 9.69 Å². The van der Waals surface area contributed by atoms with Gasteiger partial charge in [0.05, 0.1) is 6.54 Å². The maximum atomic E-state index is 11.4. The van der Waals surface area contributed by atoms with Gasteiger partial charge >= 0.3 is 0 Å². The van der Waals surface area contributed by atoms with Crippen LogP contribution in [0.15, 0.2) is 0 Å². The van der Waals surface area contributed by atoms with Gasteiger partial charge < -0.3 is 15.8 Å². The Morgan fingerprint density at radius 2 is 1.89 bits per heavy atom. The number of hydrogen-bond donors (Lipinski definition) is 2. The van der Waals surface area contributed by atoms with Crippen molar-refractivity contribution < 1.29 is 9.53 Å². The fourth-order valence-electron chi connectivity index (χ4n) is 3.06. The number of hydrogen-bond acceptors (Lipinski definition) is 4. The van der Waals surface area contributed by atoms with Crippen LogP contribution in [-0.2, 0) is 9.53 Å². The first-order valence-corrected chi connectivity index (χ1v) is 7.06. The third-order valence-corrected chi connectivity index (χ3v) is 4.25. The fraction of sp³-hybridized carbons (Fsp3) is 0.923. The molecule has 0 aliphatic carbocycles. The molecule has 0 atom stereocenters. The van der Waals surface area contributed by atoms with Crippen molar-refractivity contribution in [1.82, 2.24) is 10.2 Å². The highest BCUT2D eigenvalue weighted by Crippen LogP contribution is 2.30. The van der Waals surface area contributed by atoms with E-state index in [0.717, 1.165) is 39.1 Å². The highest BCUT2D eigenvalue weighted by Gasteiger charge is 2.38. The minimum atomic E-state index is -0.0575. The third-order valence-electron chi connectivity index (χ3n) is 4.25.